The average molecular weight is 282 g/mol. The minimum absolute atomic E-state index is 0.0692. The smallest absolute Gasteiger partial charge is 0.225 e. The molecule has 1 aliphatic rings. The van der Waals surface area contributed by atoms with Gasteiger partial charge in [0.05, 0.1) is 4.90 Å². The molecular weight excluding hydrogens is 264 g/mol. The number of nitrogens with one attached hydrogen (secondary N) is 2. The van der Waals surface area contributed by atoms with Crippen molar-refractivity contribution in [1.82, 2.24) is 5.32 Å². The normalized spacial score (nSPS) is 15.2. The Hall–Kier alpha value is -1.40. The van der Waals surface area contributed by atoms with E-state index >= 15 is 0 Å². The first-order valence-electron chi connectivity index (χ1n) is 6.28. The Morgan fingerprint density at radius 3 is 2.42 bits per heavy atom. The number of benzene rings is 1. The quantitative estimate of drug-likeness (QED) is 0.821. The van der Waals surface area contributed by atoms with Gasteiger partial charge in [0.2, 0.25) is 5.91 Å². The molecule has 19 heavy (non-hydrogen) atoms. The molecule has 1 aromatic carbocycles. The lowest BCUT2D eigenvalue weighted by Crippen LogP contribution is -2.23. The van der Waals surface area contributed by atoms with E-state index in [-0.39, 0.29) is 10.8 Å². The van der Waals surface area contributed by atoms with Crippen molar-refractivity contribution >= 4 is 21.4 Å². The fraction of sp³-hybridized carbons (Fsp3) is 0.462. The third-order valence-corrected chi connectivity index (χ3v) is 4.06. The third-order valence-electron chi connectivity index (χ3n) is 2.93. The van der Waals surface area contributed by atoms with Gasteiger partial charge in [-0.2, -0.15) is 0 Å². The predicted octanol–water partition coefficient (Wildman–Crippen LogP) is 1.17. The second-order valence-electron chi connectivity index (χ2n) is 4.82. The van der Waals surface area contributed by atoms with Gasteiger partial charge in [0.25, 0.3) is 0 Å². The summed E-state index contributed by atoms with van der Waals surface area (Å²) in [6, 6.07) is 6.79. The molecule has 104 valence electrons. The number of amides is 1. The fourth-order valence-electron chi connectivity index (χ4n) is 1.69. The minimum Gasteiger partial charge on any atom is -0.326 e. The number of anilines is 1. The van der Waals surface area contributed by atoms with Crippen molar-refractivity contribution < 1.29 is 13.2 Å². The average Bonchev–Trinajstić information content (AvgIpc) is 3.12. The van der Waals surface area contributed by atoms with E-state index in [0.717, 1.165) is 6.26 Å². The van der Waals surface area contributed by atoms with Crippen LogP contribution in [0.5, 0.6) is 0 Å². The molecule has 1 aromatic rings. The first-order valence-corrected chi connectivity index (χ1v) is 8.17. The van der Waals surface area contributed by atoms with Crippen LogP contribution in [0.4, 0.5) is 5.69 Å². The van der Waals surface area contributed by atoms with Crippen molar-refractivity contribution in [1.29, 1.82) is 0 Å². The maximum Gasteiger partial charge on any atom is 0.225 e. The third kappa shape index (κ3) is 4.65. The van der Waals surface area contributed by atoms with Crippen LogP contribution in [0.25, 0.3) is 0 Å². The molecule has 0 bridgehead atoms. The Labute approximate surface area is 113 Å². The first kappa shape index (κ1) is 14.0. The molecule has 2 rings (SSSR count). The van der Waals surface area contributed by atoms with Crippen molar-refractivity contribution in [2.24, 2.45) is 0 Å². The van der Waals surface area contributed by atoms with E-state index in [0.29, 0.717) is 24.7 Å². The first-order chi connectivity index (χ1) is 8.95. The highest BCUT2D eigenvalue weighted by Gasteiger charge is 2.20. The molecule has 0 aromatic heterocycles. The molecule has 0 spiro atoms. The summed E-state index contributed by atoms with van der Waals surface area (Å²) in [5, 5.41) is 6.00. The van der Waals surface area contributed by atoms with E-state index in [4.69, 9.17) is 0 Å². The van der Waals surface area contributed by atoms with E-state index in [1.807, 2.05) is 0 Å². The predicted molar refractivity (Wildman–Crippen MR) is 73.8 cm³/mol. The van der Waals surface area contributed by atoms with E-state index in [1.165, 1.54) is 25.0 Å². The lowest BCUT2D eigenvalue weighted by atomic mass is 10.3. The number of carbonyl (C=O) groups excluding carboxylic acids is 1. The Bertz CT molecular complexity index is 548. The van der Waals surface area contributed by atoms with Gasteiger partial charge < -0.3 is 10.6 Å². The Balaban J connectivity index is 1.82. The van der Waals surface area contributed by atoms with Crippen LogP contribution < -0.4 is 10.6 Å². The number of rotatable bonds is 6. The standard InChI is InChI=1S/C13H18N2O3S/c1-19(17,18)12-6-4-11(5-7-12)15-13(16)8-9-14-10-2-3-10/h4-7,10,14H,2-3,8-9H2,1H3,(H,15,16). The molecule has 5 nitrogen and oxygen atoms in total. The van der Waals surface area contributed by atoms with Gasteiger partial charge in [-0.3, -0.25) is 4.79 Å². The van der Waals surface area contributed by atoms with E-state index in [9.17, 15) is 13.2 Å². The molecule has 0 radical (unpaired) electrons. The molecule has 0 saturated heterocycles. The van der Waals surface area contributed by atoms with Crippen molar-refractivity contribution in [3.8, 4) is 0 Å². The summed E-state index contributed by atoms with van der Waals surface area (Å²) in [7, 11) is -3.19. The topological polar surface area (TPSA) is 75.3 Å². The zero-order chi connectivity index (χ0) is 13.9. The molecular formula is C13H18N2O3S. The number of hydrogen-bond donors (Lipinski definition) is 2. The molecule has 6 heteroatoms. The van der Waals surface area contributed by atoms with Gasteiger partial charge in [0.1, 0.15) is 0 Å². The molecule has 1 saturated carbocycles. The van der Waals surface area contributed by atoms with Crippen molar-refractivity contribution in [2.75, 3.05) is 18.1 Å². The van der Waals surface area contributed by atoms with E-state index < -0.39 is 9.84 Å². The van der Waals surface area contributed by atoms with Crippen LogP contribution in [-0.2, 0) is 14.6 Å². The zero-order valence-corrected chi connectivity index (χ0v) is 11.7. The van der Waals surface area contributed by atoms with Crippen molar-refractivity contribution in [3.63, 3.8) is 0 Å². The molecule has 1 amide bonds. The zero-order valence-electron chi connectivity index (χ0n) is 10.8. The van der Waals surface area contributed by atoms with Crippen molar-refractivity contribution in [3.05, 3.63) is 24.3 Å². The Morgan fingerprint density at radius 2 is 1.89 bits per heavy atom. The molecule has 2 N–H and O–H groups in total. The number of hydrogen-bond acceptors (Lipinski definition) is 4. The van der Waals surface area contributed by atoms with Gasteiger partial charge in [-0.1, -0.05) is 0 Å². The summed E-state index contributed by atoms with van der Waals surface area (Å²) in [6.45, 7) is 0.678. The Kier molecular flexibility index (Phi) is 4.21. The lowest BCUT2D eigenvalue weighted by Gasteiger charge is -2.06. The maximum absolute atomic E-state index is 11.6. The maximum atomic E-state index is 11.6. The summed E-state index contributed by atoms with van der Waals surface area (Å²) >= 11 is 0. The van der Waals surface area contributed by atoms with Crippen LogP contribution in [0.1, 0.15) is 19.3 Å². The summed E-state index contributed by atoms with van der Waals surface area (Å²) in [5.74, 6) is -0.0692. The van der Waals surface area contributed by atoms with Gasteiger partial charge in [0.15, 0.2) is 9.84 Å². The molecule has 0 atom stereocenters. The number of carbonyl (C=O) groups is 1. The molecule has 1 fully saturated rings. The van der Waals surface area contributed by atoms with Gasteiger partial charge in [-0.15, -0.1) is 0 Å². The minimum atomic E-state index is -3.19. The SMILES string of the molecule is CS(=O)(=O)c1ccc(NC(=O)CCNC2CC2)cc1. The lowest BCUT2D eigenvalue weighted by molar-refractivity contribution is -0.116. The van der Waals surface area contributed by atoms with Crippen LogP contribution in [0.3, 0.4) is 0 Å². The van der Waals surface area contributed by atoms with Crippen LogP contribution in [0, 0.1) is 0 Å². The summed E-state index contributed by atoms with van der Waals surface area (Å²) in [5.41, 5.74) is 0.615. The van der Waals surface area contributed by atoms with E-state index in [1.54, 1.807) is 12.1 Å². The van der Waals surface area contributed by atoms with Crippen LogP contribution >= 0.6 is 0 Å². The summed E-state index contributed by atoms with van der Waals surface area (Å²) in [4.78, 5) is 11.9. The molecule has 0 unspecified atom stereocenters. The second-order valence-corrected chi connectivity index (χ2v) is 6.84. The summed E-state index contributed by atoms with van der Waals surface area (Å²) in [6.07, 6.45) is 3.98. The van der Waals surface area contributed by atoms with Crippen LogP contribution in [0.15, 0.2) is 29.2 Å². The summed E-state index contributed by atoms with van der Waals surface area (Å²) < 4.78 is 22.6. The molecule has 1 aliphatic carbocycles. The van der Waals surface area contributed by atoms with Gasteiger partial charge in [0, 0.05) is 31.0 Å². The van der Waals surface area contributed by atoms with Crippen LogP contribution in [0.2, 0.25) is 0 Å². The second kappa shape index (κ2) is 5.71. The molecule has 0 heterocycles. The highest BCUT2D eigenvalue weighted by Crippen LogP contribution is 2.18. The van der Waals surface area contributed by atoms with Crippen LogP contribution in [-0.4, -0.2) is 33.2 Å². The Morgan fingerprint density at radius 1 is 1.26 bits per heavy atom. The van der Waals surface area contributed by atoms with Gasteiger partial charge >= 0.3 is 0 Å². The van der Waals surface area contributed by atoms with Gasteiger partial charge in [-0.05, 0) is 37.1 Å². The number of sulfone groups is 1. The monoisotopic (exact) mass is 282 g/mol. The highest BCUT2D eigenvalue weighted by atomic mass is 32.2. The fourth-order valence-corrected chi connectivity index (χ4v) is 2.32. The van der Waals surface area contributed by atoms with Crippen molar-refractivity contribution in [2.45, 2.75) is 30.2 Å². The van der Waals surface area contributed by atoms with E-state index in [2.05, 4.69) is 10.6 Å². The largest absolute Gasteiger partial charge is 0.326 e. The highest BCUT2D eigenvalue weighted by molar-refractivity contribution is 7.90. The van der Waals surface area contributed by atoms with Gasteiger partial charge in [-0.25, -0.2) is 8.42 Å². The molecule has 0 aliphatic heterocycles.